The summed E-state index contributed by atoms with van der Waals surface area (Å²) >= 11 is 3.54. The molecule has 112 valence electrons. The van der Waals surface area contributed by atoms with Crippen molar-refractivity contribution >= 4 is 32.4 Å². The molecule has 1 aliphatic heterocycles. The van der Waals surface area contributed by atoms with Crippen molar-refractivity contribution in [1.29, 1.82) is 0 Å². The van der Waals surface area contributed by atoms with Gasteiger partial charge in [-0.1, -0.05) is 41.9 Å². The lowest BCUT2D eigenvalue weighted by Crippen LogP contribution is -2.30. The Labute approximate surface area is 135 Å². The molecule has 0 amide bonds. The van der Waals surface area contributed by atoms with Gasteiger partial charge in [-0.25, -0.2) is 0 Å². The molecule has 0 saturated carbocycles. The number of hydrogen-bond acceptors (Lipinski definition) is 2. The van der Waals surface area contributed by atoms with Gasteiger partial charge in [0.1, 0.15) is 0 Å². The fourth-order valence-electron chi connectivity index (χ4n) is 3.04. The number of rotatable bonds is 4. The zero-order valence-electron chi connectivity index (χ0n) is 12.8. The zero-order chi connectivity index (χ0) is 14.8. The monoisotopic (exact) mass is 346 g/mol. The number of nitrogens with one attached hydrogen (secondary N) is 1. The van der Waals surface area contributed by atoms with Gasteiger partial charge >= 0.3 is 0 Å². The zero-order valence-corrected chi connectivity index (χ0v) is 14.4. The van der Waals surface area contributed by atoms with Crippen molar-refractivity contribution in [2.24, 2.45) is 5.92 Å². The molecule has 1 aliphatic rings. The third kappa shape index (κ3) is 3.58. The highest BCUT2D eigenvalue weighted by molar-refractivity contribution is 9.10. The van der Waals surface area contributed by atoms with Crippen molar-refractivity contribution in [2.45, 2.75) is 26.3 Å². The third-order valence-electron chi connectivity index (χ3n) is 4.25. The van der Waals surface area contributed by atoms with Gasteiger partial charge in [-0.15, -0.1) is 0 Å². The fraction of sp³-hybridized carbons (Fsp3) is 0.444. The summed E-state index contributed by atoms with van der Waals surface area (Å²) in [5.41, 5.74) is 1.36. The van der Waals surface area contributed by atoms with Crippen LogP contribution in [-0.4, -0.2) is 25.7 Å². The van der Waals surface area contributed by atoms with Crippen molar-refractivity contribution in [1.82, 2.24) is 5.32 Å². The maximum Gasteiger partial charge on any atom is 0.0372 e. The first-order valence-corrected chi connectivity index (χ1v) is 8.59. The van der Waals surface area contributed by atoms with E-state index in [1.54, 1.807) is 0 Å². The second-order valence-corrected chi connectivity index (χ2v) is 7.26. The van der Waals surface area contributed by atoms with Crippen LogP contribution in [0.3, 0.4) is 0 Å². The molecule has 3 heteroatoms. The highest BCUT2D eigenvalue weighted by Gasteiger charge is 2.22. The van der Waals surface area contributed by atoms with E-state index in [1.165, 1.54) is 36.0 Å². The quantitative estimate of drug-likeness (QED) is 0.880. The van der Waals surface area contributed by atoms with Crippen LogP contribution in [0.5, 0.6) is 0 Å². The van der Waals surface area contributed by atoms with E-state index in [-0.39, 0.29) is 0 Å². The van der Waals surface area contributed by atoms with E-state index in [9.17, 15) is 0 Å². The molecule has 1 atom stereocenters. The molecule has 1 unspecified atom stereocenters. The normalized spacial score (nSPS) is 18.9. The van der Waals surface area contributed by atoms with Gasteiger partial charge in [-0.2, -0.15) is 0 Å². The van der Waals surface area contributed by atoms with Crippen molar-refractivity contribution in [3.63, 3.8) is 0 Å². The lowest BCUT2D eigenvalue weighted by atomic mass is 10.1. The average Bonchev–Trinajstić information content (AvgIpc) is 2.93. The predicted octanol–water partition coefficient (Wildman–Crippen LogP) is 4.43. The lowest BCUT2D eigenvalue weighted by Gasteiger charge is -2.20. The summed E-state index contributed by atoms with van der Waals surface area (Å²) < 4.78 is 1.14. The first-order chi connectivity index (χ1) is 10.1. The summed E-state index contributed by atoms with van der Waals surface area (Å²) in [6.07, 6.45) is 1.29. The van der Waals surface area contributed by atoms with Gasteiger partial charge in [0.25, 0.3) is 0 Å². The van der Waals surface area contributed by atoms with Crippen LogP contribution in [0.1, 0.15) is 20.3 Å². The highest BCUT2D eigenvalue weighted by Crippen LogP contribution is 2.28. The van der Waals surface area contributed by atoms with Gasteiger partial charge in [-0.05, 0) is 53.9 Å². The topological polar surface area (TPSA) is 15.3 Å². The van der Waals surface area contributed by atoms with Gasteiger partial charge in [0, 0.05) is 29.3 Å². The largest absolute Gasteiger partial charge is 0.371 e. The summed E-state index contributed by atoms with van der Waals surface area (Å²) in [4.78, 5) is 2.52. The molecule has 1 N–H and O–H groups in total. The van der Waals surface area contributed by atoms with E-state index in [0.29, 0.717) is 6.04 Å². The molecule has 3 rings (SSSR count). The van der Waals surface area contributed by atoms with Crippen LogP contribution in [0, 0.1) is 5.92 Å². The SMILES string of the molecule is CC(C)NCC1CCN(c2ccc3cc(Br)ccc3c2)C1. The smallest absolute Gasteiger partial charge is 0.0372 e. The number of nitrogens with zero attached hydrogens (tertiary/aromatic N) is 1. The molecule has 2 aromatic carbocycles. The summed E-state index contributed by atoms with van der Waals surface area (Å²) in [5.74, 6) is 0.771. The number of anilines is 1. The van der Waals surface area contributed by atoms with E-state index in [2.05, 4.69) is 76.4 Å². The molecule has 1 saturated heterocycles. The Kier molecular flexibility index (Phi) is 4.51. The first kappa shape index (κ1) is 14.9. The molecule has 0 aliphatic carbocycles. The molecule has 1 heterocycles. The molecule has 21 heavy (non-hydrogen) atoms. The van der Waals surface area contributed by atoms with Crippen LogP contribution >= 0.6 is 15.9 Å². The van der Waals surface area contributed by atoms with Crippen LogP contribution in [0.25, 0.3) is 10.8 Å². The molecular weight excluding hydrogens is 324 g/mol. The van der Waals surface area contributed by atoms with Crippen LogP contribution < -0.4 is 10.2 Å². The first-order valence-electron chi connectivity index (χ1n) is 7.79. The van der Waals surface area contributed by atoms with Gasteiger partial charge < -0.3 is 10.2 Å². The molecule has 1 fully saturated rings. The van der Waals surface area contributed by atoms with E-state index >= 15 is 0 Å². The van der Waals surface area contributed by atoms with E-state index < -0.39 is 0 Å². The maximum absolute atomic E-state index is 3.56. The fourth-order valence-corrected chi connectivity index (χ4v) is 3.42. The Morgan fingerprint density at radius 1 is 1.19 bits per heavy atom. The minimum atomic E-state index is 0.582. The molecule has 2 nitrogen and oxygen atoms in total. The Hall–Kier alpha value is -1.06. The predicted molar refractivity (Wildman–Crippen MR) is 95.1 cm³/mol. The Morgan fingerprint density at radius 2 is 1.95 bits per heavy atom. The number of fused-ring (bicyclic) bond motifs is 1. The van der Waals surface area contributed by atoms with E-state index in [0.717, 1.165) is 16.9 Å². The van der Waals surface area contributed by atoms with Crippen LogP contribution in [0.15, 0.2) is 40.9 Å². The lowest BCUT2D eigenvalue weighted by molar-refractivity contribution is 0.480. The summed E-state index contributed by atoms with van der Waals surface area (Å²) in [6, 6.07) is 13.9. The molecule has 0 spiro atoms. The molecule has 2 aromatic rings. The van der Waals surface area contributed by atoms with Crippen LogP contribution in [-0.2, 0) is 0 Å². The van der Waals surface area contributed by atoms with Crippen molar-refractivity contribution in [2.75, 3.05) is 24.5 Å². The van der Waals surface area contributed by atoms with E-state index in [1.807, 2.05) is 0 Å². The van der Waals surface area contributed by atoms with Crippen molar-refractivity contribution < 1.29 is 0 Å². The van der Waals surface area contributed by atoms with Crippen LogP contribution in [0.4, 0.5) is 5.69 Å². The molecule has 0 aromatic heterocycles. The van der Waals surface area contributed by atoms with E-state index in [4.69, 9.17) is 0 Å². The molecular formula is C18H23BrN2. The van der Waals surface area contributed by atoms with Gasteiger partial charge in [0.2, 0.25) is 0 Å². The van der Waals surface area contributed by atoms with Crippen molar-refractivity contribution in [3.8, 4) is 0 Å². The summed E-state index contributed by atoms with van der Waals surface area (Å²) in [6.45, 7) is 7.91. The Bertz CT molecular complexity index is 624. The minimum Gasteiger partial charge on any atom is -0.371 e. The summed E-state index contributed by atoms with van der Waals surface area (Å²) in [5, 5.41) is 6.18. The Morgan fingerprint density at radius 3 is 2.76 bits per heavy atom. The van der Waals surface area contributed by atoms with Crippen LogP contribution in [0.2, 0.25) is 0 Å². The minimum absolute atomic E-state index is 0.582. The molecule has 0 bridgehead atoms. The van der Waals surface area contributed by atoms with Gasteiger partial charge in [-0.3, -0.25) is 0 Å². The summed E-state index contributed by atoms with van der Waals surface area (Å²) in [7, 11) is 0. The highest BCUT2D eigenvalue weighted by atomic mass is 79.9. The standard InChI is InChI=1S/C18H23BrN2/c1-13(2)20-11-14-7-8-21(12-14)18-6-4-15-9-17(19)5-3-16(15)10-18/h3-6,9-10,13-14,20H,7-8,11-12H2,1-2H3. The average molecular weight is 347 g/mol. The van der Waals surface area contributed by atoms with Gasteiger partial charge in [0.15, 0.2) is 0 Å². The second-order valence-electron chi connectivity index (χ2n) is 6.34. The maximum atomic E-state index is 3.56. The second kappa shape index (κ2) is 6.37. The van der Waals surface area contributed by atoms with Crippen molar-refractivity contribution in [3.05, 3.63) is 40.9 Å². The molecule has 0 radical (unpaired) electrons. The number of halogens is 1. The third-order valence-corrected chi connectivity index (χ3v) is 4.74. The number of benzene rings is 2. The Balaban J connectivity index is 1.71. The number of hydrogen-bond donors (Lipinski definition) is 1. The van der Waals surface area contributed by atoms with Gasteiger partial charge in [0.05, 0.1) is 0 Å².